The summed E-state index contributed by atoms with van der Waals surface area (Å²) in [6.07, 6.45) is 4.15. The highest BCUT2D eigenvalue weighted by Crippen LogP contribution is 2.23. The Morgan fingerprint density at radius 3 is 3.46 bits per heavy atom. The first-order valence-corrected chi connectivity index (χ1v) is 4.40. The van der Waals surface area contributed by atoms with Crippen LogP contribution in [-0.2, 0) is 22.4 Å². The molecule has 13 heavy (non-hydrogen) atoms. The van der Waals surface area contributed by atoms with Gasteiger partial charge in [-0.25, -0.2) is 4.98 Å². The number of H-pyrrole nitrogens is 1. The van der Waals surface area contributed by atoms with Gasteiger partial charge in [-0.05, 0) is 12.8 Å². The molecule has 1 aliphatic carbocycles. The number of aromatic nitrogens is 2. The van der Waals surface area contributed by atoms with Crippen molar-refractivity contribution in [3.05, 3.63) is 17.7 Å². The minimum absolute atomic E-state index is 0. The molecule has 0 aliphatic heterocycles. The van der Waals surface area contributed by atoms with E-state index in [4.69, 9.17) is 4.74 Å². The third-order valence-electron chi connectivity index (χ3n) is 2.52. The summed E-state index contributed by atoms with van der Waals surface area (Å²) in [7, 11) is 1.44. The van der Waals surface area contributed by atoms with Gasteiger partial charge in [0.2, 0.25) is 0 Å². The van der Waals surface area contributed by atoms with Crippen molar-refractivity contribution in [1.82, 2.24) is 9.97 Å². The van der Waals surface area contributed by atoms with Crippen LogP contribution >= 0.6 is 0 Å². The lowest BCUT2D eigenvalue weighted by atomic mass is 9.90. The summed E-state index contributed by atoms with van der Waals surface area (Å²) in [6.45, 7) is 0. The molecule has 0 aromatic carbocycles. The number of carbonyl (C=O) groups excluding carboxylic acids is 1. The van der Waals surface area contributed by atoms with E-state index < -0.39 is 0 Å². The molecule has 0 bridgehead atoms. The molecular weight excluding hydrogens is 168 g/mol. The molecule has 1 unspecified atom stereocenters. The van der Waals surface area contributed by atoms with Crippen LogP contribution in [0.3, 0.4) is 0 Å². The van der Waals surface area contributed by atoms with E-state index in [9.17, 15) is 4.79 Å². The van der Waals surface area contributed by atoms with Gasteiger partial charge in [0.05, 0.1) is 25.0 Å². The van der Waals surface area contributed by atoms with E-state index in [0.29, 0.717) is 0 Å². The number of fused-ring (bicyclic) bond motifs is 1. The van der Waals surface area contributed by atoms with Crippen LogP contribution in [-0.4, -0.2) is 23.0 Å². The fourth-order valence-corrected chi connectivity index (χ4v) is 1.77. The number of imidazole rings is 1. The zero-order chi connectivity index (χ0) is 9.26. The van der Waals surface area contributed by atoms with Crippen LogP contribution in [0.25, 0.3) is 0 Å². The van der Waals surface area contributed by atoms with Crippen molar-refractivity contribution in [3.8, 4) is 0 Å². The highest BCUT2D eigenvalue weighted by Gasteiger charge is 2.26. The van der Waals surface area contributed by atoms with E-state index in [2.05, 4.69) is 9.97 Å². The van der Waals surface area contributed by atoms with E-state index in [-0.39, 0.29) is 13.3 Å². The second kappa shape index (κ2) is 3.20. The van der Waals surface area contributed by atoms with Crippen molar-refractivity contribution in [3.63, 3.8) is 0 Å². The van der Waals surface area contributed by atoms with Crippen molar-refractivity contribution >= 4 is 5.97 Å². The Morgan fingerprint density at radius 2 is 2.69 bits per heavy atom. The number of nitrogens with one attached hydrogen (secondary N) is 1. The quantitative estimate of drug-likeness (QED) is 0.657. The van der Waals surface area contributed by atoms with Gasteiger partial charge < -0.3 is 9.72 Å². The molecule has 1 N–H and O–H groups in total. The zero-order valence-corrected chi connectivity index (χ0v) is 7.54. The second-order valence-electron chi connectivity index (χ2n) is 3.29. The lowest BCUT2D eigenvalue weighted by molar-refractivity contribution is -0.145. The SMILES string of the molecule is COC(=O)C1CCc2nc[nH]c2C1.[HH]. The van der Waals surface area contributed by atoms with Crippen molar-refractivity contribution in [2.75, 3.05) is 7.11 Å². The average Bonchev–Trinajstić information content (AvgIpc) is 2.63. The third kappa shape index (κ3) is 1.43. The first-order chi connectivity index (χ1) is 6.31. The Hall–Kier alpha value is -1.32. The van der Waals surface area contributed by atoms with Gasteiger partial charge in [0, 0.05) is 13.5 Å². The smallest absolute Gasteiger partial charge is 0.309 e. The summed E-state index contributed by atoms with van der Waals surface area (Å²) in [4.78, 5) is 18.5. The Labute approximate surface area is 77.8 Å². The van der Waals surface area contributed by atoms with Crippen molar-refractivity contribution in [1.29, 1.82) is 0 Å². The molecule has 1 heterocycles. The lowest BCUT2D eigenvalue weighted by Crippen LogP contribution is -2.23. The van der Waals surface area contributed by atoms with E-state index >= 15 is 0 Å². The third-order valence-corrected chi connectivity index (χ3v) is 2.52. The standard InChI is InChI=1S/C9H12N2O2.H2/c1-13-9(12)6-2-3-7-8(4-6)11-5-10-7;/h5-6H,2-4H2,1H3,(H,10,11);1H. The number of carbonyl (C=O) groups is 1. The van der Waals surface area contributed by atoms with Gasteiger partial charge in [-0.1, -0.05) is 0 Å². The summed E-state index contributed by atoms with van der Waals surface area (Å²) >= 11 is 0. The van der Waals surface area contributed by atoms with Crippen molar-refractivity contribution in [2.45, 2.75) is 19.3 Å². The number of aromatic amines is 1. The van der Waals surface area contributed by atoms with Crippen LogP contribution < -0.4 is 0 Å². The van der Waals surface area contributed by atoms with Gasteiger partial charge in [-0.15, -0.1) is 0 Å². The number of hydrogen-bond acceptors (Lipinski definition) is 3. The van der Waals surface area contributed by atoms with Crippen LogP contribution in [0.4, 0.5) is 0 Å². The Kier molecular flexibility index (Phi) is 2.04. The van der Waals surface area contributed by atoms with Gasteiger partial charge in [-0.3, -0.25) is 4.79 Å². The first-order valence-electron chi connectivity index (χ1n) is 4.40. The summed E-state index contributed by atoms with van der Waals surface area (Å²) < 4.78 is 4.71. The molecule has 0 fully saturated rings. The summed E-state index contributed by atoms with van der Waals surface area (Å²) in [5, 5.41) is 0. The maximum absolute atomic E-state index is 11.2. The van der Waals surface area contributed by atoms with Crippen LogP contribution in [0.15, 0.2) is 6.33 Å². The molecule has 1 aromatic rings. The fraction of sp³-hybridized carbons (Fsp3) is 0.556. The minimum atomic E-state index is -0.111. The Bertz CT molecular complexity index is 324. The number of nitrogens with zero attached hydrogens (tertiary/aromatic N) is 1. The normalized spacial score (nSPS) is 20.8. The summed E-state index contributed by atoms with van der Waals surface area (Å²) in [6, 6.07) is 0. The molecule has 4 nitrogen and oxygen atoms in total. The van der Waals surface area contributed by atoms with Crippen LogP contribution in [0.2, 0.25) is 0 Å². The molecule has 2 rings (SSSR count). The number of hydrogen-bond donors (Lipinski definition) is 1. The van der Waals surface area contributed by atoms with Crippen molar-refractivity contribution < 1.29 is 11.0 Å². The monoisotopic (exact) mass is 182 g/mol. The summed E-state index contributed by atoms with van der Waals surface area (Å²) in [5.74, 6) is -0.0989. The maximum atomic E-state index is 11.2. The van der Waals surface area contributed by atoms with E-state index in [1.54, 1.807) is 6.33 Å². The predicted molar refractivity (Wildman–Crippen MR) is 48.2 cm³/mol. The Balaban J connectivity index is 0.000000980. The van der Waals surface area contributed by atoms with Gasteiger partial charge in [0.25, 0.3) is 0 Å². The van der Waals surface area contributed by atoms with Gasteiger partial charge in [-0.2, -0.15) is 0 Å². The molecular formula is C9H14N2O2. The number of ether oxygens (including phenoxy) is 1. The number of methoxy groups -OCH3 is 1. The zero-order valence-electron chi connectivity index (χ0n) is 7.54. The first kappa shape index (κ1) is 8.29. The highest BCUT2D eigenvalue weighted by molar-refractivity contribution is 5.72. The topological polar surface area (TPSA) is 55.0 Å². The maximum Gasteiger partial charge on any atom is 0.309 e. The fourth-order valence-electron chi connectivity index (χ4n) is 1.77. The minimum Gasteiger partial charge on any atom is -0.469 e. The molecule has 0 saturated heterocycles. The van der Waals surface area contributed by atoms with E-state index in [1.807, 2.05) is 0 Å². The highest BCUT2D eigenvalue weighted by atomic mass is 16.5. The van der Waals surface area contributed by atoms with E-state index in [1.165, 1.54) is 7.11 Å². The van der Waals surface area contributed by atoms with Gasteiger partial charge in [0.1, 0.15) is 0 Å². The number of rotatable bonds is 1. The average molecular weight is 182 g/mol. The Morgan fingerprint density at radius 1 is 1.85 bits per heavy atom. The molecule has 1 aliphatic rings. The molecule has 1 aromatic heterocycles. The lowest BCUT2D eigenvalue weighted by Gasteiger charge is -2.18. The molecule has 0 amide bonds. The molecule has 4 heteroatoms. The van der Waals surface area contributed by atoms with Crippen molar-refractivity contribution in [2.24, 2.45) is 5.92 Å². The number of esters is 1. The van der Waals surface area contributed by atoms with E-state index in [0.717, 1.165) is 30.7 Å². The van der Waals surface area contributed by atoms with Gasteiger partial charge in [0.15, 0.2) is 0 Å². The molecule has 0 spiro atoms. The summed E-state index contributed by atoms with van der Waals surface area (Å²) in [5.41, 5.74) is 2.18. The molecule has 72 valence electrons. The van der Waals surface area contributed by atoms with Crippen LogP contribution in [0, 0.1) is 5.92 Å². The van der Waals surface area contributed by atoms with Gasteiger partial charge >= 0.3 is 5.97 Å². The predicted octanol–water partition coefficient (Wildman–Crippen LogP) is 0.934. The largest absolute Gasteiger partial charge is 0.469 e. The van der Waals surface area contributed by atoms with Crippen LogP contribution in [0.1, 0.15) is 19.2 Å². The second-order valence-corrected chi connectivity index (χ2v) is 3.29. The molecule has 1 atom stereocenters. The number of aryl methyl sites for hydroxylation is 1. The molecule has 0 saturated carbocycles. The van der Waals surface area contributed by atoms with Crippen LogP contribution in [0.5, 0.6) is 0 Å². The molecule has 0 radical (unpaired) electrons.